The molecule has 0 heterocycles. The van der Waals surface area contributed by atoms with Crippen LogP contribution in [0.15, 0.2) is 54.6 Å². The fraction of sp³-hybridized carbons (Fsp3) is 0.118. The highest BCUT2D eigenvalue weighted by atomic mass is 19.1. The first kappa shape index (κ1) is 16.5. The predicted molar refractivity (Wildman–Crippen MR) is 87.9 cm³/mol. The van der Waals surface area contributed by atoms with Gasteiger partial charge < -0.3 is 15.5 Å². The maximum absolute atomic E-state index is 13.5. The maximum atomic E-state index is 13.5. The smallest absolute Gasteiger partial charge is 0.407 e. The van der Waals surface area contributed by atoms with Crippen LogP contribution < -0.4 is 16.6 Å². The van der Waals surface area contributed by atoms with Gasteiger partial charge in [-0.3, -0.25) is 5.84 Å². The number of rotatable bonds is 6. The molecule has 0 atom stereocenters. The number of carbonyl (C=O) groups excluding carboxylic acids is 1. The highest BCUT2D eigenvalue weighted by molar-refractivity contribution is 5.67. The van der Waals surface area contributed by atoms with Crippen LogP contribution in [0.4, 0.5) is 14.9 Å². The fourth-order valence-corrected chi connectivity index (χ4v) is 1.86. The molecule has 0 aromatic heterocycles. The van der Waals surface area contributed by atoms with Crippen LogP contribution in [0.1, 0.15) is 11.1 Å². The molecule has 0 radical (unpaired) electrons. The lowest BCUT2D eigenvalue weighted by atomic mass is 10.2. The van der Waals surface area contributed by atoms with Crippen molar-refractivity contribution in [1.29, 1.82) is 0 Å². The van der Waals surface area contributed by atoms with Crippen molar-refractivity contribution in [2.45, 2.75) is 6.61 Å². The molecule has 4 N–H and O–H groups in total. The quantitative estimate of drug-likeness (QED) is 0.565. The molecule has 0 bridgehead atoms. The summed E-state index contributed by atoms with van der Waals surface area (Å²) in [5, 5.41) is 2.59. The summed E-state index contributed by atoms with van der Waals surface area (Å²) in [7, 11) is 0. The number of nitrogen functional groups attached to an aromatic ring is 1. The van der Waals surface area contributed by atoms with Crippen molar-refractivity contribution in [2.75, 3.05) is 12.0 Å². The van der Waals surface area contributed by atoms with Crippen molar-refractivity contribution in [2.24, 2.45) is 5.84 Å². The second-order valence-corrected chi connectivity index (χ2v) is 4.73. The van der Waals surface area contributed by atoms with Crippen molar-refractivity contribution in [3.8, 4) is 0 Å². The predicted octanol–water partition coefficient (Wildman–Crippen LogP) is 3.05. The molecule has 0 aliphatic rings. The van der Waals surface area contributed by atoms with Crippen LogP contribution in [0, 0.1) is 5.82 Å². The van der Waals surface area contributed by atoms with Crippen LogP contribution >= 0.6 is 0 Å². The maximum Gasteiger partial charge on any atom is 0.407 e. The average molecular weight is 315 g/mol. The zero-order chi connectivity index (χ0) is 16.5. The van der Waals surface area contributed by atoms with Crippen LogP contribution in [-0.2, 0) is 11.3 Å². The number of alkyl carbamates (subject to hydrolysis) is 1. The third kappa shape index (κ3) is 5.44. The molecule has 0 fully saturated rings. The minimum atomic E-state index is -0.507. The van der Waals surface area contributed by atoms with Gasteiger partial charge in [-0.2, -0.15) is 0 Å². The number of hydrogen-bond donors (Lipinski definition) is 3. The first-order valence-electron chi connectivity index (χ1n) is 7.06. The number of halogens is 1. The molecule has 0 unspecified atom stereocenters. The summed E-state index contributed by atoms with van der Waals surface area (Å²) in [5.41, 5.74) is 4.07. The molecule has 0 saturated carbocycles. The molecule has 2 aromatic rings. The van der Waals surface area contributed by atoms with Gasteiger partial charge in [0.2, 0.25) is 0 Å². The van der Waals surface area contributed by atoms with Crippen LogP contribution in [0.5, 0.6) is 0 Å². The highest BCUT2D eigenvalue weighted by Crippen LogP contribution is 2.15. The molecule has 1 amide bonds. The molecule has 5 nitrogen and oxygen atoms in total. The number of benzene rings is 2. The topological polar surface area (TPSA) is 76.4 Å². The van der Waals surface area contributed by atoms with Crippen molar-refractivity contribution < 1.29 is 13.9 Å². The number of hydrazine groups is 1. The molecule has 0 spiro atoms. The first-order chi connectivity index (χ1) is 11.2. The van der Waals surface area contributed by atoms with Crippen molar-refractivity contribution in [3.05, 3.63) is 71.6 Å². The Kier molecular flexibility index (Phi) is 6.14. The van der Waals surface area contributed by atoms with E-state index in [1.54, 1.807) is 18.2 Å². The molecular weight excluding hydrogens is 297 g/mol. The van der Waals surface area contributed by atoms with Gasteiger partial charge in [-0.15, -0.1) is 0 Å². The van der Waals surface area contributed by atoms with E-state index in [2.05, 4.69) is 10.7 Å². The van der Waals surface area contributed by atoms with Crippen LogP contribution in [-0.4, -0.2) is 12.6 Å². The number of hydrogen-bond acceptors (Lipinski definition) is 4. The van der Waals surface area contributed by atoms with Crippen LogP contribution in [0.25, 0.3) is 6.08 Å². The Hall–Kier alpha value is -2.86. The average Bonchev–Trinajstić information content (AvgIpc) is 2.58. The molecule has 0 aliphatic heterocycles. The summed E-state index contributed by atoms with van der Waals surface area (Å²) in [5.74, 6) is 4.72. The zero-order valence-electron chi connectivity index (χ0n) is 12.5. The standard InChI is InChI=1S/C17H18FN3O2/c18-15-11-13(8-9-16(15)21-19)7-4-10-20-17(22)23-12-14-5-2-1-3-6-14/h1-9,11,21H,10,12,19H2,(H,20,22). The van der Waals surface area contributed by atoms with E-state index >= 15 is 0 Å². The summed E-state index contributed by atoms with van der Waals surface area (Å²) in [6, 6.07) is 14.0. The first-order valence-corrected chi connectivity index (χ1v) is 7.06. The van der Waals surface area contributed by atoms with Crippen LogP contribution in [0.3, 0.4) is 0 Å². The zero-order valence-corrected chi connectivity index (χ0v) is 12.5. The molecule has 2 rings (SSSR count). The number of nitrogens with one attached hydrogen (secondary N) is 2. The third-order valence-electron chi connectivity index (χ3n) is 3.04. The molecule has 23 heavy (non-hydrogen) atoms. The third-order valence-corrected chi connectivity index (χ3v) is 3.04. The van der Waals surface area contributed by atoms with Gasteiger partial charge in [0.1, 0.15) is 12.4 Å². The lowest BCUT2D eigenvalue weighted by Gasteiger charge is -2.05. The lowest BCUT2D eigenvalue weighted by molar-refractivity contribution is 0.141. The van der Waals surface area contributed by atoms with Crippen LogP contribution in [0.2, 0.25) is 0 Å². The number of carbonyl (C=O) groups is 1. The van der Waals surface area contributed by atoms with Gasteiger partial charge in [0, 0.05) is 6.54 Å². The minimum Gasteiger partial charge on any atom is -0.445 e. The summed E-state index contributed by atoms with van der Waals surface area (Å²) in [6.45, 7) is 0.501. The number of amides is 1. The Morgan fingerprint density at radius 3 is 2.70 bits per heavy atom. The second kappa shape index (κ2) is 8.55. The summed E-state index contributed by atoms with van der Waals surface area (Å²) < 4.78 is 18.5. The van der Waals surface area contributed by atoms with Crippen molar-refractivity contribution >= 4 is 17.9 Å². The number of nitrogens with two attached hydrogens (primary N) is 1. The van der Waals surface area contributed by atoms with Gasteiger partial charge in [0.25, 0.3) is 0 Å². The lowest BCUT2D eigenvalue weighted by Crippen LogP contribution is -2.24. The normalized spacial score (nSPS) is 10.5. The molecule has 120 valence electrons. The molecule has 2 aromatic carbocycles. The van der Waals surface area contributed by atoms with Gasteiger partial charge in [-0.25, -0.2) is 9.18 Å². The van der Waals surface area contributed by atoms with E-state index in [0.29, 0.717) is 5.56 Å². The Balaban J connectivity index is 1.73. The van der Waals surface area contributed by atoms with E-state index in [1.165, 1.54) is 12.1 Å². The van der Waals surface area contributed by atoms with E-state index in [0.717, 1.165) is 5.56 Å². The molecule has 0 saturated heterocycles. The number of ether oxygens (including phenoxy) is 1. The van der Waals surface area contributed by atoms with Gasteiger partial charge in [0.05, 0.1) is 5.69 Å². The Morgan fingerprint density at radius 1 is 1.22 bits per heavy atom. The minimum absolute atomic E-state index is 0.217. The molecular formula is C17H18FN3O2. The summed E-state index contributed by atoms with van der Waals surface area (Å²) >= 11 is 0. The largest absolute Gasteiger partial charge is 0.445 e. The van der Waals surface area contributed by atoms with E-state index in [1.807, 2.05) is 30.3 Å². The van der Waals surface area contributed by atoms with Crippen molar-refractivity contribution in [3.63, 3.8) is 0 Å². The summed E-state index contributed by atoms with van der Waals surface area (Å²) in [4.78, 5) is 11.5. The second-order valence-electron chi connectivity index (χ2n) is 4.73. The summed E-state index contributed by atoms with van der Waals surface area (Å²) in [6.07, 6.45) is 2.89. The number of anilines is 1. The fourth-order valence-electron chi connectivity index (χ4n) is 1.86. The molecule has 6 heteroatoms. The van der Waals surface area contributed by atoms with E-state index in [4.69, 9.17) is 10.6 Å². The monoisotopic (exact) mass is 315 g/mol. The SMILES string of the molecule is NNc1ccc(C=CCNC(=O)OCc2ccccc2)cc1F. The van der Waals surface area contributed by atoms with Gasteiger partial charge in [0.15, 0.2) is 0 Å². The molecule has 0 aliphatic carbocycles. The van der Waals surface area contributed by atoms with E-state index in [9.17, 15) is 9.18 Å². The van der Waals surface area contributed by atoms with Gasteiger partial charge in [-0.1, -0.05) is 48.6 Å². The highest BCUT2D eigenvalue weighted by Gasteiger charge is 2.01. The van der Waals surface area contributed by atoms with E-state index in [-0.39, 0.29) is 18.8 Å². The Labute approximate surface area is 133 Å². The van der Waals surface area contributed by atoms with Gasteiger partial charge in [-0.05, 0) is 23.3 Å². The Bertz CT molecular complexity index is 675. The van der Waals surface area contributed by atoms with E-state index < -0.39 is 11.9 Å². The Morgan fingerprint density at radius 2 is 2.00 bits per heavy atom. The van der Waals surface area contributed by atoms with Gasteiger partial charge >= 0.3 is 6.09 Å². The van der Waals surface area contributed by atoms with Crippen molar-refractivity contribution in [1.82, 2.24) is 5.32 Å².